The van der Waals surface area contributed by atoms with E-state index < -0.39 is 17.4 Å². The molecule has 0 radical (unpaired) electrons. The number of hydrogen-bond acceptors (Lipinski definition) is 3. The molecule has 1 atom stereocenters. The second-order valence-corrected chi connectivity index (χ2v) is 5.62. The Morgan fingerprint density at radius 2 is 1.83 bits per heavy atom. The summed E-state index contributed by atoms with van der Waals surface area (Å²) in [6.45, 7) is 3.83. The van der Waals surface area contributed by atoms with E-state index in [0.29, 0.717) is 12.8 Å². The Labute approximate surface area is 108 Å². The fraction of sp³-hybridized carbons (Fsp3) is 0.846. The molecular weight excluding hydrogens is 232 g/mol. The third-order valence-electron chi connectivity index (χ3n) is 3.80. The summed E-state index contributed by atoms with van der Waals surface area (Å²) in [6.07, 6.45) is 4.44. The lowest BCUT2D eigenvalue weighted by Gasteiger charge is -2.32. The molecule has 0 heterocycles. The lowest BCUT2D eigenvalue weighted by molar-refractivity contribution is -0.143. The Balaban J connectivity index is 2.51. The maximum Gasteiger partial charge on any atom is 0.308 e. The third kappa shape index (κ3) is 3.70. The van der Waals surface area contributed by atoms with Gasteiger partial charge in [0.05, 0.1) is 11.5 Å². The van der Waals surface area contributed by atoms with Crippen LogP contribution in [-0.2, 0) is 9.59 Å². The molecule has 104 valence electrons. The van der Waals surface area contributed by atoms with Gasteiger partial charge in [-0.15, -0.1) is 0 Å². The van der Waals surface area contributed by atoms with Gasteiger partial charge in [0, 0.05) is 6.54 Å². The molecule has 1 rings (SSSR count). The summed E-state index contributed by atoms with van der Waals surface area (Å²) in [5.74, 6) is -1.64. The van der Waals surface area contributed by atoms with Crippen molar-refractivity contribution in [3.63, 3.8) is 0 Å². The van der Waals surface area contributed by atoms with Gasteiger partial charge in [-0.25, -0.2) is 0 Å². The van der Waals surface area contributed by atoms with Gasteiger partial charge in [-0.1, -0.05) is 33.1 Å². The van der Waals surface area contributed by atoms with E-state index in [0.717, 1.165) is 19.3 Å². The number of carbonyl (C=O) groups excluding carboxylic acids is 1. The zero-order valence-corrected chi connectivity index (χ0v) is 11.2. The predicted molar refractivity (Wildman–Crippen MR) is 69.0 cm³/mol. The molecule has 0 bridgehead atoms. The van der Waals surface area contributed by atoms with E-state index in [4.69, 9.17) is 10.8 Å². The zero-order chi connectivity index (χ0) is 13.8. The summed E-state index contributed by atoms with van der Waals surface area (Å²) >= 11 is 0. The van der Waals surface area contributed by atoms with Crippen LogP contribution in [-0.4, -0.2) is 29.1 Å². The second-order valence-electron chi connectivity index (χ2n) is 5.62. The Kier molecular flexibility index (Phi) is 5.14. The molecule has 1 fully saturated rings. The Bertz CT molecular complexity index is 309. The summed E-state index contributed by atoms with van der Waals surface area (Å²) < 4.78 is 0. The number of aliphatic carboxylic acids is 1. The second kappa shape index (κ2) is 6.18. The molecule has 0 saturated heterocycles. The van der Waals surface area contributed by atoms with Crippen LogP contribution in [0, 0.1) is 11.8 Å². The molecule has 1 saturated carbocycles. The quantitative estimate of drug-likeness (QED) is 0.687. The van der Waals surface area contributed by atoms with Crippen LogP contribution in [0.4, 0.5) is 0 Å². The van der Waals surface area contributed by atoms with Crippen molar-refractivity contribution in [1.82, 2.24) is 5.32 Å². The van der Waals surface area contributed by atoms with Crippen LogP contribution in [0.25, 0.3) is 0 Å². The first-order valence-corrected chi connectivity index (χ1v) is 6.67. The van der Waals surface area contributed by atoms with E-state index in [1.165, 1.54) is 0 Å². The van der Waals surface area contributed by atoms with Gasteiger partial charge in [-0.3, -0.25) is 9.59 Å². The molecule has 5 nitrogen and oxygen atoms in total. The van der Waals surface area contributed by atoms with Crippen LogP contribution in [0.1, 0.15) is 46.0 Å². The zero-order valence-electron chi connectivity index (χ0n) is 11.2. The van der Waals surface area contributed by atoms with E-state index in [2.05, 4.69) is 5.32 Å². The minimum absolute atomic E-state index is 0.0112. The molecule has 0 aliphatic heterocycles. The topological polar surface area (TPSA) is 92.4 Å². The number of carboxylic acid groups (broad SMARTS) is 1. The largest absolute Gasteiger partial charge is 0.481 e. The SMILES string of the molecule is CC(C)C(CNC(=O)C1(N)CCCCC1)C(=O)O. The van der Waals surface area contributed by atoms with Crippen LogP contribution in [0.2, 0.25) is 0 Å². The first-order valence-electron chi connectivity index (χ1n) is 6.67. The summed E-state index contributed by atoms with van der Waals surface area (Å²) in [7, 11) is 0. The highest BCUT2D eigenvalue weighted by Gasteiger charge is 2.35. The highest BCUT2D eigenvalue weighted by atomic mass is 16.4. The normalized spacial score (nSPS) is 20.4. The number of amides is 1. The van der Waals surface area contributed by atoms with Crippen LogP contribution in [0.15, 0.2) is 0 Å². The molecule has 4 N–H and O–H groups in total. The highest BCUT2D eigenvalue weighted by Crippen LogP contribution is 2.26. The number of rotatable bonds is 5. The number of nitrogens with two attached hydrogens (primary N) is 1. The average Bonchev–Trinajstić information content (AvgIpc) is 2.29. The van der Waals surface area contributed by atoms with Crippen molar-refractivity contribution in [2.75, 3.05) is 6.54 Å². The van der Waals surface area contributed by atoms with E-state index >= 15 is 0 Å². The molecule has 1 aliphatic rings. The summed E-state index contributed by atoms with van der Waals surface area (Å²) in [4.78, 5) is 23.1. The fourth-order valence-corrected chi connectivity index (χ4v) is 2.40. The molecular formula is C13H24N2O3. The van der Waals surface area contributed by atoms with Crippen molar-refractivity contribution in [2.24, 2.45) is 17.6 Å². The van der Waals surface area contributed by atoms with Crippen molar-refractivity contribution in [1.29, 1.82) is 0 Å². The predicted octanol–water partition coefficient (Wildman–Crippen LogP) is 1.12. The monoisotopic (exact) mass is 256 g/mol. The minimum atomic E-state index is -0.875. The van der Waals surface area contributed by atoms with Crippen molar-refractivity contribution in [3.05, 3.63) is 0 Å². The van der Waals surface area contributed by atoms with Crippen LogP contribution < -0.4 is 11.1 Å². The summed E-state index contributed by atoms with van der Waals surface area (Å²) in [5.41, 5.74) is 5.29. The molecule has 1 aliphatic carbocycles. The lowest BCUT2D eigenvalue weighted by atomic mass is 9.81. The van der Waals surface area contributed by atoms with Crippen molar-refractivity contribution >= 4 is 11.9 Å². The van der Waals surface area contributed by atoms with E-state index in [1.54, 1.807) is 0 Å². The molecule has 0 aromatic carbocycles. The summed E-state index contributed by atoms with van der Waals surface area (Å²) in [5, 5.41) is 11.8. The van der Waals surface area contributed by atoms with Crippen LogP contribution in [0.3, 0.4) is 0 Å². The Hall–Kier alpha value is -1.10. The van der Waals surface area contributed by atoms with Gasteiger partial charge in [-0.2, -0.15) is 0 Å². The van der Waals surface area contributed by atoms with Crippen molar-refractivity contribution in [2.45, 2.75) is 51.5 Å². The molecule has 1 unspecified atom stereocenters. The first-order chi connectivity index (χ1) is 8.37. The average molecular weight is 256 g/mol. The highest BCUT2D eigenvalue weighted by molar-refractivity contribution is 5.86. The van der Waals surface area contributed by atoms with E-state index in [-0.39, 0.29) is 18.4 Å². The smallest absolute Gasteiger partial charge is 0.308 e. The fourth-order valence-electron chi connectivity index (χ4n) is 2.40. The maximum atomic E-state index is 12.0. The van der Waals surface area contributed by atoms with Gasteiger partial charge in [-0.05, 0) is 18.8 Å². The third-order valence-corrected chi connectivity index (χ3v) is 3.80. The molecule has 18 heavy (non-hydrogen) atoms. The van der Waals surface area contributed by atoms with Gasteiger partial charge in [0.1, 0.15) is 0 Å². The first kappa shape index (κ1) is 15.0. The molecule has 0 aromatic rings. The number of carboxylic acids is 1. The molecule has 5 heteroatoms. The van der Waals surface area contributed by atoms with Gasteiger partial charge in [0.15, 0.2) is 0 Å². The van der Waals surface area contributed by atoms with E-state index in [1.807, 2.05) is 13.8 Å². The van der Waals surface area contributed by atoms with Crippen LogP contribution >= 0.6 is 0 Å². The minimum Gasteiger partial charge on any atom is -0.481 e. The molecule has 0 spiro atoms. The van der Waals surface area contributed by atoms with Gasteiger partial charge < -0.3 is 16.2 Å². The lowest BCUT2D eigenvalue weighted by Crippen LogP contribution is -2.56. The van der Waals surface area contributed by atoms with Gasteiger partial charge in [0.2, 0.25) is 5.91 Å². The number of hydrogen-bond donors (Lipinski definition) is 3. The van der Waals surface area contributed by atoms with Gasteiger partial charge >= 0.3 is 5.97 Å². The Morgan fingerprint density at radius 1 is 1.28 bits per heavy atom. The number of carbonyl (C=O) groups is 2. The standard InChI is InChI=1S/C13H24N2O3/c1-9(2)10(11(16)17)8-15-12(18)13(14)6-4-3-5-7-13/h9-10H,3-8,14H2,1-2H3,(H,15,18)(H,16,17). The van der Waals surface area contributed by atoms with Gasteiger partial charge in [0.25, 0.3) is 0 Å². The molecule has 0 aromatic heterocycles. The van der Waals surface area contributed by atoms with E-state index in [9.17, 15) is 9.59 Å². The molecule has 1 amide bonds. The van der Waals surface area contributed by atoms with Crippen LogP contribution in [0.5, 0.6) is 0 Å². The maximum absolute atomic E-state index is 12.0. The number of nitrogens with one attached hydrogen (secondary N) is 1. The summed E-state index contributed by atoms with van der Waals surface area (Å²) in [6, 6.07) is 0. The Morgan fingerprint density at radius 3 is 2.28 bits per heavy atom. The van der Waals surface area contributed by atoms with Crippen molar-refractivity contribution < 1.29 is 14.7 Å². The van der Waals surface area contributed by atoms with Crippen molar-refractivity contribution in [3.8, 4) is 0 Å².